The van der Waals surface area contributed by atoms with E-state index in [4.69, 9.17) is 5.73 Å². The predicted octanol–water partition coefficient (Wildman–Crippen LogP) is 8.54. The molecule has 2 heteroatoms. The second kappa shape index (κ2) is 18.8. The van der Waals surface area contributed by atoms with Crippen LogP contribution in [0.4, 0.5) is 0 Å². The summed E-state index contributed by atoms with van der Waals surface area (Å²) in [5.41, 5.74) is 9.30. The van der Waals surface area contributed by atoms with Crippen LogP contribution in [0, 0.1) is 0 Å². The van der Waals surface area contributed by atoms with Gasteiger partial charge in [-0.15, -0.1) is 12.4 Å². The Hall–Kier alpha value is -0.530. The van der Waals surface area contributed by atoms with Gasteiger partial charge in [-0.2, -0.15) is 0 Å². The molecule has 2 N–H and O–H groups in total. The van der Waals surface area contributed by atoms with E-state index in [1.54, 1.807) is 0 Å². The van der Waals surface area contributed by atoms with Crippen molar-refractivity contribution in [1.82, 2.24) is 0 Å². The van der Waals surface area contributed by atoms with Gasteiger partial charge in [-0.25, -0.2) is 0 Å². The third kappa shape index (κ3) is 13.3. The highest BCUT2D eigenvalue weighted by Crippen LogP contribution is 2.23. The van der Waals surface area contributed by atoms with Gasteiger partial charge in [0, 0.05) is 6.04 Å². The van der Waals surface area contributed by atoms with Crippen LogP contribution in [0.3, 0.4) is 0 Å². The molecule has 1 aromatic rings. The molecule has 27 heavy (non-hydrogen) atoms. The lowest BCUT2D eigenvalue weighted by molar-refractivity contribution is 0.521. The van der Waals surface area contributed by atoms with Gasteiger partial charge < -0.3 is 5.73 Å². The van der Waals surface area contributed by atoms with E-state index >= 15 is 0 Å². The summed E-state index contributed by atoms with van der Waals surface area (Å²) >= 11 is 0. The molecule has 0 amide bonds. The minimum Gasteiger partial charge on any atom is -0.324 e. The largest absolute Gasteiger partial charge is 0.324 e. The van der Waals surface area contributed by atoms with E-state index in [-0.39, 0.29) is 18.4 Å². The summed E-state index contributed by atoms with van der Waals surface area (Å²) in [6.45, 7) is 4.54. The lowest BCUT2D eigenvalue weighted by Gasteiger charge is -2.16. The van der Waals surface area contributed by atoms with Gasteiger partial charge in [0.2, 0.25) is 0 Å². The molecule has 1 nitrogen and oxygen atoms in total. The second-order valence-corrected chi connectivity index (χ2v) is 8.09. The van der Waals surface area contributed by atoms with Crippen LogP contribution in [-0.2, 0) is 6.42 Å². The van der Waals surface area contributed by atoms with Gasteiger partial charge >= 0.3 is 0 Å². The fraction of sp³-hybridized carbons (Fsp3) is 0.760. The van der Waals surface area contributed by atoms with Gasteiger partial charge in [0.15, 0.2) is 0 Å². The first-order chi connectivity index (χ1) is 12.8. The summed E-state index contributed by atoms with van der Waals surface area (Å²) in [5.74, 6) is 0. The average molecular weight is 396 g/mol. The van der Waals surface area contributed by atoms with Gasteiger partial charge in [0.25, 0.3) is 0 Å². The smallest absolute Gasteiger partial charge is 0.0297 e. The van der Waals surface area contributed by atoms with Crippen LogP contribution in [0.15, 0.2) is 24.3 Å². The Morgan fingerprint density at radius 1 is 0.667 bits per heavy atom. The van der Waals surface area contributed by atoms with Crippen molar-refractivity contribution in [2.45, 2.75) is 123 Å². The quantitative estimate of drug-likeness (QED) is 0.262. The molecule has 0 saturated carbocycles. The predicted molar refractivity (Wildman–Crippen MR) is 125 cm³/mol. The van der Waals surface area contributed by atoms with E-state index in [1.165, 1.54) is 101 Å². The van der Waals surface area contributed by atoms with Crippen molar-refractivity contribution in [3.8, 4) is 0 Å². The van der Waals surface area contributed by atoms with Crippen LogP contribution in [0.2, 0.25) is 0 Å². The zero-order chi connectivity index (χ0) is 18.9. The second-order valence-electron chi connectivity index (χ2n) is 8.09. The first-order valence-corrected chi connectivity index (χ1v) is 11.6. The summed E-state index contributed by atoms with van der Waals surface area (Å²) in [6, 6.07) is 9.00. The van der Waals surface area contributed by atoms with Crippen LogP contribution >= 0.6 is 12.4 Å². The highest BCUT2D eigenvalue weighted by molar-refractivity contribution is 5.85. The van der Waals surface area contributed by atoms with Crippen molar-refractivity contribution in [2.24, 2.45) is 5.73 Å². The molecule has 1 unspecified atom stereocenters. The Balaban J connectivity index is 0.00000676. The zero-order valence-corrected chi connectivity index (χ0v) is 19.0. The molecule has 1 atom stereocenters. The topological polar surface area (TPSA) is 26.0 Å². The monoisotopic (exact) mass is 395 g/mol. The lowest BCUT2D eigenvalue weighted by atomic mass is 9.94. The average Bonchev–Trinajstić information content (AvgIpc) is 2.66. The van der Waals surface area contributed by atoms with E-state index in [0.29, 0.717) is 0 Å². The number of rotatable bonds is 17. The van der Waals surface area contributed by atoms with Crippen LogP contribution < -0.4 is 5.73 Å². The van der Waals surface area contributed by atoms with Crippen molar-refractivity contribution >= 4 is 12.4 Å². The van der Waals surface area contributed by atoms with Crippen molar-refractivity contribution in [2.75, 3.05) is 0 Å². The number of aryl methyl sites for hydroxylation is 1. The number of benzene rings is 1. The summed E-state index contributed by atoms with van der Waals surface area (Å²) < 4.78 is 0. The molecular weight excluding hydrogens is 350 g/mol. The molecule has 0 aliphatic heterocycles. The standard InChI is InChI=1S/C25H45N.ClH/c1-3-5-6-7-8-9-10-11-12-13-14-15-16-22-25(26)24-21-18-17-20-23(24)19-4-2;/h17-18,20-21,25H,3-16,19,22,26H2,1-2H3;1H. The summed E-state index contributed by atoms with van der Waals surface area (Å²) in [7, 11) is 0. The lowest BCUT2D eigenvalue weighted by Crippen LogP contribution is -2.12. The fourth-order valence-electron chi connectivity index (χ4n) is 3.93. The molecule has 1 aromatic carbocycles. The molecule has 0 aliphatic carbocycles. The molecule has 0 fully saturated rings. The van der Waals surface area contributed by atoms with E-state index < -0.39 is 0 Å². The van der Waals surface area contributed by atoms with Crippen molar-refractivity contribution in [3.05, 3.63) is 35.4 Å². The van der Waals surface area contributed by atoms with Crippen LogP contribution in [0.25, 0.3) is 0 Å². The molecule has 1 rings (SSSR count). The van der Waals surface area contributed by atoms with E-state index in [1.807, 2.05) is 0 Å². The van der Waals surface area contributed by atoms with Gasteiger partial charge in [0.05, 0.1) is 0 Å². The summed E-state index contributed by atoms with van der Waals surface area (Å²) in [4.78, 5) is 0. The number of halogens is 1. The van der Waals surface area contributed by atoms with Gasteiger partial charge in [0.1, 0.15) is 0 Å². The zero-order valence-electron chi connectivity index (χ0n) is 18.2. The maximum Gasteiger partial charge on any atom is 0.0297 e. The first kappa shape index (κ1) is 26.5. The third-order valence-electron chi connectivity index (χ3n) is 5.59. The minimum absolute atomic E-state index is 0. The maximum atomic E-state index is 6.47. The summed E-state index contributed by atoms with van der Waals surface area (Å²) in [6.07, 6.45) is 21.8. The van der Waals surface area contributed by atoms with E-state index in [0.717, 1.165) is 12.8 Å². The molecule has 0 bridgehead atoms. The Bertz CT molecular complexity index is 432. The van der Waals surface area contributed by atoms with Crippen molar-refractivity contribution in [3.63, 3.8) is 0 Å². The maximum absolute atomic E-state index is 6.47. The highest BCUT2D eigenvalue weighted by atomic mass is 35.5. The molecule has 0 radical (unpaired) electrons. The normalized spacial score (nSPS) is 12.0. The van der Waals surface area contributed by atoms with Gasteiger partial charge in [-0.1, -0.05) is 128 Å². The number of hydrogen-bond acceptors (Lipinski definition) is 1. The molecule has 0 heterocycles. The molecule has 0 aliphatic rings. The number of unbranched alkanes of at least 4 members (excludes halogenated alkanes) is 12. The Kier molecular flexibility index (Phi) is 18.4. The molecule has 0 saturated heterocycles. The van der Waals surface area contributed by atoms with Gasteiger partial charge in [-0.05, 0) is 24.0 Å². The number of nitrogens with two attached hydrogens (primary N) is 1. The van der Waals surface area contributed by atoms with Crippen LogP contribution in [0.1, 0.15) is 127 Å². The summed E-state index contributed by atoms with van der Waals surface area (Å²) in [5, 5.41) is 0. The SMILES string of the molecule is CCCCCCCCCCCCCCCC(N)c1ccccc1CCC.Cl. The molecular formula is C25H46ClN. The van der Waals surface area contributed by atoms with Crippen molar-refractivity contribution in [1.29, 1.82) is 0 Å². The Labute approximate surface area is 176 Å². The molecule has 158 valence electrons. The minimum atomic E-state index is 0. The fourth-order valence-corrected chi connectivity index (χ4v) is 3.93. The van der Waals surface area contributed by atoms with Crippen LogP contribution in [0.5, 0.6) is 0 Å². The number of hydrogen-bond donors (Lipinski definition) is 1. The highest BCUT2D eigenvalue weighted by Gasteiger charge is 2.09. The van der Waals surface area contributed by atoms with Gasteiger partial charge in [-0.3, -0.25) is 0 Å². The molecule has 0 spiro atoms. The Morgan fingerprint density at radius 2 is 1.15 bits per heavy atom. The first-order valence-electron chi connectivity index (χ1n) is 11.6. The van der Waals surface area contributed by atoms with Crippen molar-refractivity contribution < 1.29 is 0 Å². The van der Waals surface area contributed by atoms with E-state index in [9.17, 15) is 0 Å². The molecule has 0 aromatic heterocycles. The van der Waals surface area contributed by atoms with E-state index in [2.05, 4.69) is 38.1 Å². The van der Waals surface area contributed by atoms with Crippen LogP contribution in [-0.4, -0.2) is 0 Å². The third-order valence-corrected chi connectivity index (χ3v) is 5.59. The Morgan fingerprint density at radius 3 is 1.67 bits per heavy atom.